The van der Waals surface area contributed by atoms with Crippen molar-refractivity contribution in [3.63, 3.8) is 0 Å². The minimum atomic E-state index is -4.13. The standard InChI is InChI=1S/C10H5Cl3FN3O2S/c11-5-1-2-6(9(13)10(5)14)20(18,19)17-8-3-7(12)15-4-16-8/h1-4H,(H,15,16,17). The van der Waals surface area contributed by atoms with Crippen LogP contribution in [0.15, 0.2) is 29.4 Å². The number of hydrogen-bond donors (Lipinski definition) is 1. The van der Waals surface area contributed by atoms with Crippen LogP contribution in [0.2, 0.25) is 15.2 Å². The summed E-state index contributed by atoms with van der Waals surface area (Å²) in [5.74, 6) is -1.09. The Morgan fingerprint density at radius 1 is 1.15 bits per heavy atom. The number of anilines is 1. The molecule has 1 heterocycles. The minimum Gasteiger partial charge on any atom is -0.263 e. The van der Waals surface area contributed by atoms with Gasteiger partial charge in [0.1, 0.15) is 22.2 Å². The van der Waals surface area contributed by atoms with Gasteiger partial charge in [-0.25, -0.2) is 22.8 Å². The van der Waals surface area contributed by atoms with E-state index in [0.29, 0.717) is 0 Å². The summed E-state index contributed by atoms with van der Waals surface area (Å²) in [6.45, 7) is 0. The van der Waals surface area contributed by atoms with E-state index >= 15 is 0 Å². The number of nitrogens with zero attached hydrogens (tertiary/aromatic N) is 2. The largest absolute Gasteiger partial charge is 0.264 e. The lowest BCUT2D eigenvalue weighted by atomic mass is 10.3. The number of aromatic nitrogens is 2. The fraction of sp³-hybridized carbons (Fsp3) is 0. The van der Waals surface area contributed by atoms with Crippen molar-refractivity contribution in [1.82, 2.24) is 9.97 Å². The highest BCUT2D eigenvalue weighted by Crippen LogP contribution is 2.30. The van der Waals surface area contributed by atoms with E-state index in [1.54, 1.807) is 0 Å². The second-order valence-electron chi connectivity index (χ2n) is 3.50. The molecule has 0 radical (unpaired) electrons. The van der Waals surface area contributed by atoms with Gasteiger partial charge in [0.05, 0.1) is 10.0 Å². The van der Waals surface area contributed by atoms with Crippen LogP contribution >= 0.6 is 34.8 Å². The normalized spacial score (nSPS) is 11.4. The lowest BCUT2D eigenvalue weighted by Crippen LogP contribution is -2.15. The molecule has 0 aliphatic rings. The lowest BCUT2D eigenvalue weighted by molar-refractivity contribution is 0.595. The first-order valence-corrected chi connectivity index (χ1v) is 7.57. The monoisotopic (exact) mass is 355 g/mol. The molecule has 0 amide bonds. The van der Waals surface area contributed by atoms with Crippen LogP contribution in [0.4, 0.5) is 10.2 Å². The Kier molecular flexibility index (Phi) is 4.33. The third-order valence-corrected chi connectivity index (χ3v) is 4.54. The molecule has 0 saturated carbocycles. The van der Waals surface area contributed by atoms with Crippen molar-refractivity contribution >= 4 is 50.6 Å². The van der Waals surface area contributed by atoms with Crippen LogP contribution in [-0.4, -0.2) is 18.4 Å². The molecule has 0 saturated heterocycles. The molecular formula is C10H5Cl3FN3O2S. The molecule has 106 valence electrons. The Balaban J connectivity index is 2.44. The van der Waals surface area contributed by atoms with Crippen molar-refractivity contribution in [2.75, 3.05) is 4.72 Å². The number of hydrogen-bond acceptors (Lipinski definition) is 4. The third-order valence-electron chi connectivity index (χ3n) is 2.16. The molecule has 0 unspecified atom stereocenters. The third kappa shape index (κ3) is 3.12. The van der Waals surface area contributed by atoms with Gasteiger partial charge in [-0.2, -0.15) is 0 Å². The van der Waals surface area contributed by atoms with E-state index in [2.05, 4.69) is 14.7 Å². The van der Waals surface area contributed by atoms with Gasteiger partial charge in [0.25, 0.3) is 10.0 Å². The summed E-state index contributed by atoms with van der Waals surface area (Å²) >= 11 is 16.8. The van der Waals surface area contributed by atoms with Crippen molar-refractivity contribution in [2.24, 2.45) is 0 Å². The topological polar surface area (TPSA) is 72.0 Å². The average molecular weight is 357 g/mol. The maximum Gasteiger partial charge on any atom is 0.264 e. The average Bonchev–Trinajstić information content (AvgIpc) is 2.35. The number of halogens is 4. The highest BCUT2D eigenvalue weighted by Gasteiger charge is 2.22. The van der Waals surface area contributed by atoms with Crippen molar-refractivity contribution < 1.29 is 12.8 Å². The van der Waals surface area contributed by atoms with E-state index in [9.17, 15) is 12.8 Å². The highest BCUT2D eigenvalue weighted by atomic mass is 35.5. The van der Waals surface area contributed by atoms with Gasteiger partial charge >= 0.3 is 0 Å². The Hall–Kier alpha value is -1.15. The molecule has 2 rings (SSSR count). The molecule has 0 bridgehead atoms. The molecule has 5 nitrogen and oxygen atoms in total. The first kappa shape index (κ1) is 15.2. The predicted octanol–water partition coefficient (Wildman–Crippen LogP) is 3.38. The molecular weight excluding hydrogens is 352 g/mol. The summed E-state index contributed by atoms with van der Waals surface area (Å²) in [6.07, 6.45) is 1.07. The molecule has 1 aromatic heterocycles. The van der Waals surface area contributed by atoms with Crippen molar-refractivity contribution in [3.05, 3.63) is 45.5 Å². The fourth-order valence-electron chi connectivity index (χ4n) is 1.30. The van der Waals surface area contributed by atoms with Crippen molar-refractivity contribution in [2.45, 2.75) is 4.90 Å². The second kappa shape index (κ2) is 5.69. The number of nitrogens with one attached hydrogen (secondary N) is 1. The molecule has 0 spiro atoms. The molecule has 20 heavy (non-hydrogen) atoms. The Morgan fingerprint density at radius 3 is 2.50 bits per heavy atom. The van der Waals surface area contributed by atoms with Crippen LogP contribution in [0, 0.1) is 5.82 Å². The molecule has 0 atom stereocenters. The first-order chi connectivity index (χ1) is 9.31. The molecule has 1 N–H and O–H groups in total. The van der Waals surface area contributed by atoms with Crippen LogP contribution in [0.25, 0.3) is 0 Å². The van der Waals surface area contributed by atoms with E-state index in [1.165, 1.54) is 6.07 Å². The zero-order valence-corrected chi connectivity index (χ0v) is 12.5. The minimum absolute atomic E-state index is 0.0473. The summed E-state index contributed by atoms with van der Waals surface area (Å²) in [5.41, 5.74) is 0. The summed E-state index contributed by atoms with van der Waals surface area (Å²) in [7, 11) is -4.13. The van der Waals surface area contributed by atoms with Gasteiger partial charge in [0.2, 0.25) is 0 Å². The van der Waals surface area contributed by atoms with Gasteiger partial charge in [-0.05, 0) is 12.1 Å². The summed E-state index contributed by atoms with van der Waals surface area (Å²) in [5, 5.41) is -0.838. The SMILES string of the molecule is O=S(=O)(Nc1cc(Cl)ncn1)c1ccc(Cl)c(F)c1Cl. The first-order valence-electron chi connectivity index (χ1n) is 4.95. The number of sulfonamides is 1. The lowest BCUT2D eigenvalue weighted by Gasteiger charge is -2.09. The Morgan fingerprint density at radius 2 is 1.85 bits per heavy atom. The maximum atomic E-state index is 13.5. The summed E-state index contributed by atoms with van der Waals surface area (Å²) in [6, 6.07) is 3.36. The quantitative estimate of drug-likeness (QED) is 0.676. The van der Waals surface area contributed by atoms with Crippen LogP contribution < -0.4 is 4.72 Å². The van der Waals surface area contributed by atoms with Crippen molar-refractivity contribution in [1.29, 1.82) is 0 Å². The fourth-order valence-corrected chi connectivity index (χ4v) is 3.19. The van der Waals surface area contributed by atoms with E-state index in [0.717, 1.165) is 18.5 Å². The molecule has 0 fully saturated rings. The Labute approximate surface area is 128 Å². The Bertz CT molecular complexity index is 770. The smallest absolute Gasteiger partial charge is 0.263 e. The highest BCUT2D eigenvalue weighted by molar-refractivity contribution is 7.92. The van der Waals surface area contributed by atoms with Gasteiger partial charge in [0, 0.05) is 6.07 Å². The number of rotatable bonds is 3. The molecule has 10 heteroatoms. The molecule has 0 aliphatic carbocycles. The molecule has 0 aliphatic heterocycles. The van der Waals surface area contributed by atoms with Crippen LogP contribution in [-0.2, 0) is 10.0 Å². The molecule has 2 aromatic rings. The van der Waals surface area contributed by atoms with E-state index in [-0.39, 0.29) is 16.0 Å². The maximum absolute atomic E-state index is 13.5. The molecule has 1 aromatic carbocycles. The van der Waals surface area contributed by atoms with Gasteiger partial charge in [-0.15, -0.1) is 0 Å². The van der Waals surface area contributed by atoms with Crippen LogP contribution in [0.5, 0.6) is 0 Å². The van der Waals surface area contributed by atoms with Gasteiger partial charge < -0.3 is 0 Å². The predicted molar refractivity (Wildman–Crippen MR) is 74.3 cm³/mol. The van der Waals surface area contributed by atoms with E-state index < -0.39 is 25.8 Å². The van der Waals surface area contributed by atoms with Gasteiger partial charge in [0.15, 0.2) is 5.82 Å². The van der Waals surface area contributed by atoms with E-state index in [4.69, 9.17) is 34.8 Å². The summed E-state index contributed by atoms with van der Waals surface area (Å²) in [4.78, 5) is 6.81. The van der Waals surface area contributed by atoms with Gasteiger partial charge in [-0.1, -0.05) is 34.8 Å². The zero-order valence-electron chi connectivity index (χ0n) is 9.44. The second-order valence-corrected chi connectivity index (χ2v) is 6.33. The van der Waals surface area contributed by atoms with Crippen molar-refractivity contribution in [3.8, 4) is 0 Å². The van der Waals surface area contributed by atoms with Crippen LogP contribution in [0.1, 0.15) is 0 Å². The van der Waals surface area contributed by atoms with Gasteiger partial charge in [-0.3, -0.25) is 4.72 Å². The number of benzene rings is 1. The zero-order chi connectivity index (χ0) is 14.9. The van der Waals surface area contributed by atoms with E-state index in [1.807, 2.05) is 0 Å². The van der Waals surface area contributed by atoms with Crippen LogP contribution in [0.3, 0.4) is 0 Å². The summed E-state index contributed by atoms with van der Waals surface area (Å²) < 4.78 is 39.8.